The number of hydrogen-bond acceptors (Lipinski definition) is 6. The molecule has 0 aliphatic rings. The van der Waals surface area contributed by atoms with Crippen molar-refractivity contribution in [2.45, 2.75) is 33.1 Å². The van der Waals surface area contributed by atoms with Crippen LogP contribution in [0.1, 0.15) is 53.2 Å². The maximum absolute atomic E-state index is 12.5. The summed E-state index contributed by atoms with van der Waals surface area (Å²) in [7, 11) is 1.47. The number of hydrogen-bond donors (Lipinski definition) is 1. The third-order valence-electron chi connectivity index (χ3n) is 5.57. The highest BCUT2D eigenvalue weighted by Gasteiger charge is 2.17. The van der Waals surface area contributed by atoms with Crippen LogP contribution in [-0.2, 0) is 4.79 Å². The molecule has 0 spiro atoms. The Morgan fingerprint density at radius 3 is 2.42 bits per heavy atom. The normalized spacial score (nSPS) is 11.7. The van der Waals surface area contributed by atoms with Crippen molar-refractivity contribution < 1.29 is 23.8 Å². The number of halogens is 1. The zero-order valence-corrected chi connectivity index (χ0v) is 22.3. The number of nitrogens with zero attached hydrogens (tertiary/aromatic N) is 1. The molecule has 0 heterocycles. The van der Waals surface area contributed by atoms with Crippen LogP contribution in [0.3, 0.4) is 0 Å². The summed E-state index contributed by atoms with van der Waals surface area (Å²) in [5.74, 6) is 0.776. The number of esters is 1. The first-order valence-corrected chi connectivity index (χ1v) is 12.3. The maximum Gasteiger partial charge on any atom is 0.343 e. The Balaban J connectivity index is 1.57. The van der Waals surface area contributed by atoms with Crippen molar-refractivity contribution in [1.82, 2.24) is 5.43 Å². The molecule has 0 bridgehead atoms. The van der Waals surface area contributed by atoms with Gasteiger partial charge in [-0.15, -0.1) is 0 Å². The summed E-state index contributed by atoms with van der Waals surface area (Å²) in [5, 5.41) is 3.98. The van der Waals surface area contributed by atoms with Crippen molar-refractivity contribution in [3.05, 3.63) is 87.4 Å². The minimum atomic E-state index is -0.503. The third-order valence-corrected chi connectivity index (χ3v) is 6.16. The van der Waals surface area contributed by atoms with Gasteiger partial charge in [-0.25, -0.2) is 10.2 Å². The van der Waals surface area contributed by atoms with Crippen LogP contribution in [0.15, 0.2) is 70.2 Å². The second-order valence-corrected chi connectivity index (χ2v) is 9.10. The standard InChI is InChI=1S/C28H29BrN2O5/c1-5-19(3)21-10-12-23(13-11-21)35-17-26(32)31-30-16-20-14-24(29)27(25(15-20)34-4)36-28(33)22-8-6-18(2)7-9-22/h6-16,19H,5,17H2,1-4H3,(H,31,32)/b30-16+/t19-/m1/s1. The third kappa shape index (κ3) is 7.42. The second kappa shape index (κ2) is 12.9. The molecule has 8 heteroatoms. The van der Waals surface area contributed by atoms with Crippen LogP contribution < -0.4 is 19.6 Å². The Bertz CT molecular complexity index is 1220. The van der Waals surface area contributed by atoms with Gasteiger partial charge in [-0.1, -0.05) is 43.7 Å². The molecule has 0 radical (unpaired) electrons. The Hall–Kier alpha value is -3.65. The van der Waals surface area contributed by atoms with E-state index in [0.717, 1.165) is 12.0 Å². The van der Waals surface area contributed by atoms with E-state index in [-0.39, 0.29) is 12.4 Å². The number of carbonyl (C=O) groups is 2. The fourth-order valence-corrected chi connectivity index (χ4v) is 3.78. The Morgan fingerprint density at radius 2 is 1.78 bits per heavy atom. The molecule has 188 valence electrons. The van der Waals surface area contributed by atoms with Gasteiger partial charge in [0.15, 0.2) is 18.1 Å². The van der Waals surface area contributed by atoms with Gasteiger partial charge in [0.2, 0.25) is 0 Å². The molecular weight excluding hydrogens is 524 g/mol. The number of ether oxygens (including phenoxy) is 3. The number of benzene rings is 3. The molecule has 0 aliphatic heterocycles. The van der Waals surface area contributed by atoms with E-state index in [9.17, 15) is 9.59 Å². The van der Waals surface area contributed by atoms with Crippen LogP contribution in [0, 0.1) is 6.92 Å². The molecule has 1 N–H and O–H groups in total. The zero-order chi connectivity index (χ0) is 26.1. The first-order valence-electron chi connectivity index (χ1n) is 11.5. The summed E-state index contributed by atoms with van der Waals surface area (Å²) in [6, 6.07) is 18.2. The van der Waals surface area contributed by atoms with Crippen molar-refractivity contribution in [1.29, 1.82) is 0 Å². The van der Waals surface area contributed by atoms with Crippen molar-refractivity contribution >= 4 is 34.0 Å². The van der Waals surface area contributed by atoms with E-state index in [4.69, 9.17) is 14.2 Å². The van der Waals surface area contributed by atoms with Gasteiger partial charge >= 0.3 is 5.97 Å². The van der Waals surface area contributed by atoms with Gasteiger partial charge in [-0.2, -0.15) is 5.10 Å². The van der Waals surface area contributed by atoms with Crippen LogP contribution in [0.2, 0.25) is 0 Å². The first kappa shape index (κ1) is 26.9. The number of aryl methyl sites for hydroxylation is 1. The largest absolute Gasteiger partial charge is 0.493 e. The van der Waals surface area contributed by atoms with Crippen LogP contribution in [0.5, 0.6) is 17.2 Å². The fraction of sp³-hybridized carbons (Fsp3) is 0.250. The minimum Gasteiger partial charge on any atom is -0.493 e. The van der Waals surface area contributed by atoms with Gasteiger partial charge in [0, 0.05) is 0 Å². The van der Waals surface area contributed by atoms with E-state index < -0.39 is 11.9 Å². The molecule has 0 saturated carbocycles. The summed E-state index contributed by atoms with van der Waals surface area (Å²) in [5.41, 5.74) is 5.76. The molecule has 1 atom stereocenters. The highest BCUT2D eigenvalue weighted by atomic mass is 79.9. The molecule has 0 fully saturated rings. The van der Waals surface area contributed by atoms with Crippen LogP contribution in [0.4, 0.5) is 0 Å². The average Bonchev–Trinajstić information content (AvgIpc) is 2.88. The molecule has 0 aromatic heterocycles. The number of methoxy groups -OCH3 is 1. The molecule has 0 saturated heterocycles. The number of carbonyl (C=O) groups excluding carboxylic acids is 2. The van der Waals surface area contributed by atoms with Gasteiger partial charge in [-0.05, 0) is 82.7 Å². The molecule has 1 amide bonds. The lowest BCUT2D eigenvalue weighted by Crippen LogP contribution is -2.24. The van der Waals surface area contributed by atoms with E-state index in [1.807, 2.05) is 43.3 Å². The smallest absolute Gasteiger partial charge is 0.343 e. The maximum atomic E-state index is 12.5. The van der Waals surface area contributed by atoms with Crippen LogP contribution in [-0.4, -0.2) is 31.8 Å². The number of amides is 1. The Morgan fingerprint density at radius 1 is 1.08 bits per heavy atom. The quantitative estimate of drug-likeness (QED) is 0.144. The fourth-order valence-electron chi connectivity index (χ4n) is 3.24. The topological polar surface area (TPSA) is 86.2 Å². The van der Waals surface area contributed by atoms with Crippen molar-refractivity contribution in [3.8, 4) is 17.2 Å². The molecule has 36 heavy (non-hydrogen) atoms. The van der Waals surface area contributed by atoms with E-state index in [1.165, 1.54) is 18.9 Å². The summed E-state index contributed by atoms with van der Waals surface area (Å²) in [6.45, 7) is 6.09. The van der Waals surface area contributed by atoms with Gasteiger partial charge in [-0.3, -0.25) is 4.79 Å². The summed E-state index contributed by atoms with van der Waals surface area (Å²) in [6.07, 6.45) is 2.52. The van der Waals surface area contributed by atoms with Crippen molar-refractivity contribution in [2.75, 3.05) is 13.7 Å². The van der Waals surface area contributed by atoms with Gasteiger partial charge in [0.25, 0.3) is 5.91 Å². The first-order chi connectivity index (χ1) is 17.3. The molecule has 0 aliphatic carbocycles. The lowest BCUT2D eigenvalue weighted by Gasteiger charge is -2.12. The molecule has 0 unspecified atom stereocenters. The predicted octanol–water partition coefficient (Wildman–Crippen LogP) is 6.03. The lowest BCUT2D eigenvalue weighted by atomic mass is 9.99. The van der Waals surface area contributed by atoms with E-state index in [2.05, 4.69) is 40.3 Å². The van der Waals surface area contributed by atoms with Crippen molar-refractivity contribution in [3.63, 3.8) is 0 Å². The highest BCUT2D eigenvalue weighted by molar-refractivity contribution is 9.10. The molecular formula is C28H29BrN2O5. The Kier molecular flexibility index (Phi) is 9.64. The lowest BCUT2D eigenvalue weighted by molar-refractivity contribution is -0.123. The summed E-state index contributed by atoms with van der Waals surface area (Å²) in [4.78, 5) is 24.6. The minimum absolute atomic E-state index is 0.166. The molecule has 7 nitrogen and oxygen atoms in total. The molecule has 3 aromatic carbocycles. The summed E-state index contributed by atoms with van der Waals surface area (Å²) < 4.78 is 17.0. The molecule has 3 rings (SSSR count). The monoisotopic (exact) mass is 552 g/mol. The van der Waals surface area contributed by atoms with Gasteiger partial charge in [0.05, 0.1) is 23.4 Å². The number of hydrazone groups is 1. The van der Waals surface area contributed by atoms with Crippen molar-refractivity contribution in [2.24, 2.45) is 5.10 Å². The van der Waals surface area contributed by atoms with E-state index in [1.54, 1.807) is 24.3 Å². The average molecular weight is 553 g/mol. The predicted molar refractivity (Wildman–Crippen MR) is 143 cm³/mol. The molecule has 3 aromatic rings. The van der Waals surface area contributed by atoms with E-state index in [0.29, 0.717) is 33.0 Å². The number of nitrogens with one attached hydrogen (secondary N) is 1. The number of rotatable bonds is 10. The van der Waals surface area contributed by atoms with Gasteiger partial charge < -0.3 is 14.2 Å². The highest BCUT2D eigenvalue weighted by Crippen LogP contribution is 2.37. The Labute approximate surface area is 219 Å². The SMILES string of the molecule is CC[C@@H](C)c1ccc(OCC(=O)N/N=C/c2cc(Br)c(OC(=O)c3ccc(C)cc3)c(OC)c2)cc1. The van der Waals surface area contributed by atoms with Gasteiger partial charge in [0.1, 0.15) is 5.75 Å². The van der Waals surface area contributed by atoms with E-state index >= 15 is 0 Å². The second-order valence-electron chi connectivity index (χ2n) is 8.25. The van der Waals surface area contributed by atoms with Crippen LogP contribution >= 0.6 is 15.9 Å². The zero-order valence-electron chi connectivity index (χ0n) is 20.7. The van der Waals surface area contributed by atoms with Crippen LogP contribution in [0.25, 0.3) is 0 Å². The summed E-state index contributed by atoms with van der Waals surface area (Å²) >= 11 is 3.42.